The summed E-state index contributed by atoms with van der Waals surface area (Å²) in [4.78, 5) is 50.9. The number of methoxy groups -OCH3 is 2. The summed E-state index contributed by atoms with van der Waals surface area (Å²) in [7, 11) is 2.73. The molecular formula is C27H40O8. The molecule has 0 fully saturated rings. The Balaban J connectivity index is 3.42. The summed E-state index contributed by atoms with van der Waals surface area (Å²) in [5.74, 6) is -3.07. The Morgan fingerprint density at radius 3 is 2.31 bits per heavy atom. The molecule has 0 saturated carbocycles. The van der Waals surface area contributed by atoms with E-state index in [0.29, 0.717) is 5.57 Å². The van der Waals surface area contributed by atoms with Crippen LogP contribution in [0.15, 0.2) is 36.0 Å². The van der Waals surface area contributed by atoms with Crippen molar-refractivity contribution < 1.29 is 38.1 Å². The zero-order chi connectivity index (χ0) is 26.8. The lowest BCUT2D eigenvalue weighted by molar-refractivity contribution is -0.157. The number of esters is 2. The number of carbonyl (C=O) groups excluding carboxylic acids is 4. The lowest BCUT2D eigenvalue weighted by atomic mass is 9.78. The molecule has 0 aromatic heterocycles. The highest BCUT2D eigenvalue weighted by molar-refractivity contribution is 6.03. The average Bonchev–Trinajstić information content (AvgIpc) is 2.77. The lowest BCUT2D eigenvalue weighted by Crippen LogP contribution is -2.35. The maximum absolute atomic E-state index is 13.2. The molecule has 0 amide bonds. The highest BCUT2D eigenvalue weighted by atomic mass is 16.7. The first-order valence-electron chi connectivity index (χ1n) is 11.7. The number of hydrogen-bond acceptors (Lipinski definition) is 8. The maximum atomic E-state index is 13.2. The van der Waals surface area contributed by atoms with Crippen molar-refractivity contribution in [3.8, 4) is 0 Å². The van der Waals surface area contributed by atoms with Gasteiger partial charge in [0.15, 0.2) is 11.6 Å². The predicted molar refractivity (Wildman–Crippen MR) is 131 cm³/mol. The molecule has 0 aromatic rings. The van der Waals surface area contributed by atoms with Crippen LogP contribution in [0.25, 0.3) is 0 Å². The van der Waals surface area contributed by atoms with Gasteiger partial charge in [0.05, 0.1) is 25.2 Å². The Morgan fingerprint density at radius 2 is 1.74 bits per heavy atom. The molecule has 8 heteroatoms. The van der Waals surface area contributed by atoms with Crippen LogP contribution in [0.5, 0.6) is 0 Å². The van der Waals surface area contributed by atoms with Gasteiger partial charge in [-0.25, -0.2) is 0 Å². The van der Waals surface area contributed by atoms with Crippen LogP contribution < -0.4 is 0 Å². The first-order chi connectivity index (χ1) is 16.2. The molecule has 0 bridgehead atoms. The van der Waals surface area contributed by atoms with Crippen molar-refractivity contribution in [2.24, 2.45) is 22.7 Å². The summed E-state index contributed by atoms with van der Waals surface area (Å²) in [6.45, 7) is 10.4. The van der Waals surface area contributed by atoms with Crippen LogP contribution in [0.2, 0.25) is 0 Å². The van der Waals surface area contributed by atoms with Gasteiger partial charge < -0.3 is 18.9 Å². The fraction of sp³-hybridized carbons (Fsp3) is 0.630. The number of carbonyl (C=O) groups is 4. The van der Waals surface area contributed by atoms with E-state index in [0.717, 1.165) is 0 Å². The van der Waals surface area contributed by atoms with E-state index in [1.54, 1.807) is 65.8 Å². The van der Waals surface area contributed by atoms with Crippen molar-refractivity contribution >= 4 is 23.5 Å². The van der Waals surface area contributed by atoms with E-state index in [4.69, 9.17) is 18.9 Å². The monoisotopic (exact) mass is 492 g/mol. The molecular weight excluding hydrogens is 452 g/mol. The third-order valence-electron chi connectivity index (χ3n) is 5.64. The van der Waals surface area contributed by atoms with Gasteiger partial charge in [0.1, 0.15) is 12.7 Å². The lowest BCUT2D eigenvalue weighted by Gasteiger charge is -2.26. The van der Waals surface area contributed by atoms with Crippen molar-refractivity contribution in [2.45, 2.75) is 60.5 Å². The zero-order valence-corrected chi connectivity index (χ0v) is 22.2. The van der Waals surface area contributed by atoms with Crippen LogP contribution in [0.3, 0.4) is 0 Å². The molecule has 1 aliphatic rings. The summed E-state index contributed by atoms with van der Waals surface area (Å²) in [5, 5.41) is 0. The largest absolute Gasteiger partial charge is 0.468 e. The van der Waals surface area contributed by atoms with Gasteiger partial charge in [-0.1, -0.05) is 29.9 Å². The number of hydrogen-bond donors (Lipinski definition) is 0. The van der Waals surface area contributed by atoms with E-state index in [1.165, 1.54) is 20.3 Å². The molecule has 3 atom stereocenters. The van der Waals surface area contributed by atoms with E-state index in [1.807, 2.05) is 0 Å². The molecule has 0 heterocycles. The fourth-order valence-corrected chi connectivity index (χ4v) is 3.56. The average molecular weight is 493 g/mol. The minimum Gasteiger partial charge on any atom is -0.468 e. The Hall–Kier alpha value is -2.58. The van der Waals surface area contributed by atoms with Crippen molar-refractivity contribution in [1.29, 1.82) is 0 Å². The molecule has 1 aliphatic carbocycles. The van der Waals surface area contributed by atoms with Gasteiger partial charge in [-0.05, 0) is 54.0 Å². The summed E-state index contributed by atoms with van der Waals surface area (Å²) in [5.41, 5.74) is -1.07. The second-order valence-electron chi connectivity index (χ2n) is 10.4. The molecule has 0 spiro atoms. The Labute approximate surface area is 208 Å². The number of Topliss-reactive ketones (excluding diaryl/α,β-unsaturated/α-hetero) is 1. The van der Waals surface area contributed by atoms with Gasteiger partial charge in [-0.2, -0.15) is 0 Å². The molecule has 0 N–H and O–H groups in total. The van der Waals surface area contributed by atoms with Gasteiger partial charge in [-0.15, -0.1) is 0 Å². The zero-order valence-electron chi connectivity index (χ0n) is 22.2. The maximum Gasteiger partial charge on any atom is 0.316 e. The minimum absolute atomic E-state index is 0.0176. The second kappa shape index (κ2) is 13.5. The predicted octanol–water partition coefficient (Wildman–Crippen LogP) is 3.99. The summed E-state index contributed by atoms with van der Waals surface area (Å²) >= 11 is 0. The molecule has 1 rings (SSSR count). The van der Waals surface area contributed by atoms with Gasteiger partial charge >= 0.3 is 11.9 Å². The highest BCUT2D eigenvalue weighted by Crippen LogP contribution is 2.29. The second-order valence-corrected chi connectivity index (χ2v) is 10.4. The van der Waals surface area contributed by atoms with Gasteiger partial charge in [-0.3, -0.25) is 19.2 Å². The SMILES string of the molecule is COCO[C@@H]1/C=C/C=C/C(C)(C)C(=O)[C@@H](C(=O)OC)C/C(C)=C/C(=O)C[C@@H]1COC(=O)C(C)(C)C. The number of ether oxygens (including phenoxy) is 4. The minimum atomic E-state index is -1.03. The van der Waals surface area contributed by atoms with Gasteiger partial charge in [0.25, 0.3) is 0 Å². The molecule has 196 valence electrons. The normalized spacial score (nSPS) is 27.2. The molecule has 35 heavy (non-hydrogen) atoms. The number of allylic oxidation sites excluding steroid dienone is 5. The third-order valence-corrected chi connectivity index (χ3v) is 5.64. The smallest absolute Gasteiger partial charge is 0.316 e. The molecule has 0 saturated heterocycles. The first kappa shape index (κ1) is 30.5. The summed E-state index contributed by atoms with van der Waals surface area (Å²) < 4.78 is 21.2. The van der Waals surface area contributed by atoms with Crippen molar-refractivity contribution in [3.05, 3.63) is 36.0 Å². The van der Waals surface area contributed by atoms with Crippen LogP contribution in [0.1, 0.15) is 54.4 Å². The molecule has 0 aromatic carbocycles. The topological polar surface area (TPSA) is 105 Å². The van der Waals surface area contributed by atoms with E-state index < -0.39 is 34.7 Å². The molecule has 0 aliphatic heterocycles. The fourth-order valence-electron chi connectivity index (χ4n) is 3.56. The Morgan fingerprint density at radius 1 is 1.09 bits per heavy atom. The van der Waals surface area contributed by atoms with Crippen LogP contribution in [-0.2, 0) is 38.1 Å². The van der Waals surface area contributed by atoms with Crippen molar-refractivity contribution in [3.63, 3.8) is 0 Å². The van der Waals surface area contributed by atoms with Crippen LogP contribution in [0, 0.1) is 22.7 Å². The Bertz CT molecular complexity index is 857. The first-order valence-corrected chi connectivity index (χ1v) is 11.7. The quantitative estimate of drug-likeness (QED) is 0.311. The third kappa shape index (κ3) is 9.90. The van der Waals surface area contributed by atoms with E-state index in [9.17, 15) is 19.2 Å². The standard InChI is InChI=1S/C27H40O8/c1-18-13-20(28)15-19(16-34-25(31)26(2,3)4)22(35-17-32-7)11-9-10-12-27(5,6)23(29)21(14-18)24(30)33-8/h9-13,19,21-22H,14-17H2,1-8H3/b11-9+,12-10+,18-13+/t19-,21+,22-/m1/s1. The summed E-state index contributed by atoms with van der Waals surface area (Å²) in [6, 6.07) is 0. The van der Waals surface area contributed by atoms with Gasteiger partial charge in [0.2, 0.25) is 0 Å². The molecule has 8 nitrogen and oxygen atoms in total. The number of ketones is 2. The van der Waals surface area contributed by atoms with E-state index >= 15 is 0 Å². The molecule has 0 radical (unpaired) electrons. The van der Waals surface area contributed by atoms with Gasteiger partial charge in [0, 0.05) is 24.9 Å². The van der Waals surface area contributed by atoms with Crippen LogP contribution in [0.4, 0.5) is 0 Å². The van der Waals surface area contributed by atoms with Crippen molar-refractivity contribution in [1.82, 2.24) is 0 Å². The van der Waals surface area contributed by atoms with Crippen LogP contribution in [-0.4, -0.2) is 57.2 Å². The number of rotatable bonds is 6. The Kier molecular flexibility index (Phi) is 11.7. The van der Waals surface area contributed by atoms with E-state index in [-0.39, 0.29) is 43.8 Å². The van der Waals surface area contributed by atoms with E-state index in [2.05, 4.69) is 0 Å². The van der Waals surface area contributed by atoms with Crippen LogP contribution >= 0.6 is 0 Å². The van der Waals surface area contributed by atoms with Crippen molar-refractivity contribution in [2.75, 3.05) is 27.6 Å². The highest BCUT2D eigenvalue weighted by Gasteiger charge is 2.37. The summed E-state index contributed by atoms with van der Waals surface area (Å²) in [6.07, 6.45) is 7.78. The molecule has 0 unspecified atom stereocenters.